The zero-order valence-corrected chi connectivity index (χ0v) is 21.2. The number of ether oxygens (including phenoxy) is 1. The maximum absolute atomic E-state index is 13.0. The van der Waals surface area contributed by atoms with Crippen molar-refractivity contribution < 1.29 is 27.5 Å². The molecule has 1 saturated carbocycles. The third-order valence-corrected chi connectivity index (χ3v) is 7.92. The topological polar surface area (TPSA) is 55.4 Å². The summed E-state index contributed by atoms with van der Waals surface area (Å²) in [6.45, 7) is 1.99. The second kappa shape index (κ2) is 9.56. The third-order valence-electron chi connectivity index (χ3n) is 7.92. The molecule has 0 aromatic heterocycles. The van der Waals surface area contributed by atoms with Crippen LogP contribution in [0, 0.1) is 5.92 Å². The van der Waals surface area contributed by atoms with Gasteiger partial charge in [0, 0.05) is 17.9 Å². The Hall–Kier alpha value is -4.13. The number of halogens is 3. The monoisotopic (exact) mass is 529 g/mol. The van der Waals surface area contributed by atoms with E-state index in [1.807, 2.05) is 36.4 Å². The second-order valence-electron chi connectivity index (χ2n) is 10.3. The molecule has 1 aliphatic heterocycles. The summed E-state index contributed by atoms with van der Waals surface area (Å²) >= 11 is 0. The van der Waals surface area contributed by atoms with Crippen LogP contribution < -0.4 is 5.32 Å². The largest absolute Gasteiger partial charge is 0.462 e. The number of alkyl halides is 3. The first kappa shape index (κ1) is 25.2. The van der Waals surface area contributed by atoms with Gasteiger partial charge in [-0.2, -0.15) is 13.2 Å². The Kier molecular flexibility index (Phi) is 6.17. The average molecular weight is 530 g/mol. The van der Waals surface area contributed by atoms with Crippen molar-refractivity contribution in [3.63, 3.8) is 0 Å². The minimum atomic E-state index is -4.40. The standard InChI is InChI=1S/C32H26F3NO3/c1-2-39-31(38)24-14-22-13-21(18-7-10-25(11-8-18)32(33,34)35)9-12-26(22)27(16-24)19-3-5-20(6-4-19)28-15-23-17-29(28)36-30(23)37/h3-14,16,23,28-29H,2,15,17H2,1H3,(H,36,37)/t23-,28+,29-/m1/s1. The molecule has 1 aliphatic carbocycles. The molecule has 1 saturated heterocycles. The molecular formula is C32H26F3NO3. The number of fused-ring (bicyclic) bond motifs is 3. The number of amides is 1. The summed E-state index contributed by atoms with van der Waals surface area (Å²) in [7, 11) is 0. The maximum Gasteiger partial charge on any atom is 0.416 e. The smallest absolute Gasteiger partial charge is 0.416 e. The molecule has 3 atom stereocenters. The van der Waals surface area contributed by atoms with Crippen LogP contribution in [0.25, 0.3) is 33.0 Å². The molecule has 2 fully saturated rings. The highest BCUT2D eigenvalue weighted by Crippen LogP contribution is 2.43. The van der Waals surface area contributed by atoms with Gasteiger partial charge in [-0.05, 0) is 88.7 Å². The highest BCUT2D eigenvalue weighted by Gasteiger charge is 2.45. The van der Waals surface area contributed by atoms with E-state index in [4.69, 9.17) is 4.74 Å². The van der Waals surface area contributed by atoms with E-state index in [-0.39, 0.29) is 24.5 Å². The van der Waals surface area contributed by atoms with Crippen molar-refractivity contribution in [3.05, 3.63) is 95.6 Å². The summed E-state index contributed by atoms with van der Waals surface area (Å²) in [6.07, 6.45) is -2.64. The predicted octanol–water partition coefficient (Wildman–Crippen LogP) is 7.36. The number of carbonyl (C=O) groups excluding carboxylic acids is 2. The average Bonchev–Trinajstić information content (AvgIpc) is 3.52. The van der Waals surface area contributed by atoms with Crippen LogP contribution >= 0.6 is 0 Å². The van der Waals surface area contributed by atoms with Gasteiger partial charge in [-0.15, -0.1) is 0 Å². The summed E-state index contributed by atoms with van der Waals surface area (Å²) in [5.41, 5.74) is 4.08. The van der Waals surface area contributed by atoms with E-state index in [0.717, 1.165) is 52.4 Å². The van der Waals surface area contributed by atoms with Crippen molar-refractivity contribution in [2.24, 2.45) is 5.92 Å². The Labute approximate surface area is 223 Å². The van der Waals surface area contributed by atoms with E-state index in [1.54, 1.807) is 13.0 Å². The number of benzene rings is 4. The van der Waals surface area contributed by atoms with Crippen molar-refractivity contribution in [2.75, 3.05) is 6.61 Å². The molecule has 198 valence electrons. The number of hydrogen-bond acceptors (Lipinski definition) is 3. The zero-order chi connectivity index (χ0) is 27.3. The number of rotatable bonds is 5. The van der Waals surface area contributed by atoms with Crippen LogP contribution in [-0.2, 0) is 15.7 Å². The van der Waals surface area contributed by atoms with E-state index >= 15 is 0 Å². The van der Waals surface area contributed by atoms with Gasteiger partial charge >= 0.3 is 12.1 Å². The van der Waals surface area contributed by atoms with Crippen LogP contribution in [0.4, 0.5) is 13.2 Å². The predicted molar refractivity (Wildman–Crippen MR) is 143 cm³/mol. The van der Waals surface area contributed by atoms with Gasteiger partial charge in [0.1, 0.15) is 0 Å². The van der Waals surface area contributed by atoms with Gasteiger partial charge in [0.05, 0.1) is 17.7 Å². The Bertz CT molecular complexity index is 1580. The Morgan fingerprint density at radius 3 is 2.21 bits per heavy atom. The van der Waals surface area contributed by atoms with Crippen molar-refractivity contribution in [3.8, 4) is 22.3 Å². The molecule has 39 heavy (non-hydrogen) atoms. The van der Waals surface area contributed by atoms with Crippen LogP contribution in [0.2, 0.25) is 0 Å². The Morgan fingerprint density at radius 2 is 1.59 bits per heavy atom. The number of carbonyl (C=O) groups is 2. The lowest BCUT2D eigenvalue weighted by atomic mass is 9.88. The summed E-state index contributed by atoms with van der Waals surface area (Å²) in [5, 5.41) is 4.79. The lowest BCUT2D eigenvalue weighted by molar-refractivity contribution is -0.137. The molecule has 2 bridgehead atoms. The van der Waals surface area contributed by atoms with Crippen LogP contribution in [0.1, 0.15) is 47.2 Å². The summed E-state index contributed by atoms with van der Waals surface area (Å²) in [5.74, 6) is 0.125. The lowest BCUT2D eigenvalue weighted by Crippen LogP contribution is -2.35. The maximum atomic E-state index is 13.0. The van der Waals surface area contributed by atoms with E-state index < -0.39 is 17.7 Å². The molecule has 4 aromatic carbocycles. The second-order valence-corrected chi connectivity index (χ2v) is 10.3. The zero-order valence-electron chi connectivity index (χ0n) is 21.2. The lowest BCUT2D eigenvalue weighted by Gasteiger charge is -2.23. The molecule has 6 rings (SSSR count). The summed E-state index contributed by atoms with van der Waals surface area (Å²) < 4.78 is 44.3. The highest BCUT2D eigenvalue weighted by molar-refractivity contribution is 6.04. The fourth-order valence-electron chi connectivity index (χ4n) is 5.96. The normalized spacial score (nSPS) is 20.3. The minimum absolute atomic E-state index is 0.101. The van der Waals surface area contributed by atoms with Gasteiger partial charge < -0.3 is 10.1 Å². The van der Waals surface area contributed by atoms with E-state index in [0.29, 0.717) is 17.0 Å². The van der Waals surface area contributed by atoms with Gasteiger partial charge in [0.25, 0.3) is 0 Å². The van der Waals surface area contributed by atoms with Gasteiger partial charge in [-0.1, -0.05) is 48.5 Å². The molecule has 0 unspecified atom stereocenters. The number of nitrogens with one attached hydrogen (secondary N) is 1. The fourth-order valence-corrected chi connectivity index (χ4v) is 5.96. The number of hydrogen-bond donors (Lipinski definition) is 1. The molecule has 4 nitrogen and oxygen atoms in total. The number of esters is 1. The molecule has 0 spiro atoms. The van der Waals surface area contributed by atoms with Crippen molar-refractivity contribution >= 4 is 22.6 Å². The summed E-state index contributed by atoms with van der Waals surface area (Å²) in [6, 6.07) is 22.8. The Balaban J connectivity index is 1.38. The Morgan fingerprint density at radius 1 is 0.897 bits per heavy atom. The first-order valence-electron chi connectivity index (χ1n) is 13.0. The third kappa shape index (κ3) is 4.67. The molecule has 7 heteroatoms. The number of piperidine rings is 1. The van der Waals surface area contributed by atoms with E-state index in [1.165, 1.54) is 17.7 Å². The molecular weight excluding hydrogens is 503 g/mol. The molecule has 4 aromatic rings. The van der Waals surface area contributed by atoms with Crippen LogP contribution in [0.15, 0.2) is 78.9 Å². The minimum Gasteiger partial charge on any atom is -0.462 e. The van der Waals surface area contributed by atoms with Crippen LogP contribution in [0.5, 0.6) is 0 Å². The molecule has 1 heterocycles. The quantitative estimate of drug-likeness (QED) is 0.275. The van der Waals surface area contributed by atoms with Crippen LogP contribution in [-0.4, -0.2) is 24.5 Å². The van der Waals surface area contributed by atoms with Gasteiger partial charge in [0.2, 0.25) is 5.91 Å². The first-order valence-corrected chi connectivity index (χ1v) is 13.0. The molecule has 1 N–H and O–H groups in total. The highest BCUT2D eigenvalue weighted by atomic mass is 19.4. The van der Waals surface area contributed by atoms with Crippen molar-refractivity contribution in [2.45, 2.75) is 37.9 Å². The van der Waals surface area contributed by atoms with E-state index in [9.17, 15) is 22.8 Å². The van der Waals surface area contributed by atoms with Crippen molar-refractivity contribution in [1.29, 1.82) is 0 Å². The molecule has 0 radical (unpaired) electrons. The van der Waals surface area contributed by atoms with Gasteiger partial charge in [-0.25, -0.2) is 4.79 Å². The van der Waals surface area contributed by atoms with Gasteiger partial charge in [-0.3, -0.25) is 4.79 Å². The first-order chi connectivity index (χ1) is 18.7. The van der Waals surface area contributed by atoms with E-state index in [2.05, 4.69) is 17.4 Å². The van der Waals surface area contributed by atoms with Crippen molar-refractivity contribution in [1.82, 2.24) is 5.32 Å². The van der Waals surface area contributed by atoms with Crippen LogP contribution in [0.3, 0.4) is 0 Å². The summed E-state index contributed by atoms with van der Waals surface area (Å²) in [4.78, 5) is 24.6. The fraction of sp³-hybridized carbons (Fsp3) is 0.250. The van der Waals surface area contributed by atoms with Gasteiger partial charge in [0.15, 0.2) is 0 Å². The SMILES string of the molecule is CCOC(=O)c1cc(-c2ccc([C@@H]3C[C@@H]4C[C@H]3NC4=O)cc2)c2ccc(-c3ccc(C(F)(F)F)cc3)cc2c1. The molecule has 1 amide bonds. The molecule has 2 aliphatic rings.